The van der Waals surface area contributed by atoms with E-state index in [9.17, 15) is 9.59 Å². The van der Waals surface area contributed by atoms with Gasteiger partial charge in [-0.3, -0.25) is 9.59 Å². The monoisotopic (exact) mass is 188 g/mol. The molecule has 0 saturated heterocycles. The first kappa shape index (κ1) is 11.9. The number of hydrogen-bond donors (Lipinski definition) is 3. The highest BCUT2D eigenvalue weighted by atomic mass is 16.3. The minimum atomic E-state index is -0.537. The van der Waals surface area contributed by atoms with Crippen LogP contribution in [0.15, 0.2) is 0 Å². The van der Waals surface area contributed by atoms with Gasteiger partial charge in [0.05, 0.1) is 6.10 Å². The van der Waals surface area contributed by atoms with Gasteiger partial charge in [0.15, 0.2) is 0 Å². The number of aliphatic hydroxyl groups is 1. The van der Waals surface area contributed by atoms with Crippen molar-refractivity contribution in [1.29, 1.82) is 0 Å². The van der Waals surface area contributed by atoms with Crippen LogP contribution >= 0.6 is 0 Å². The maximum Gasteiger partial charge on any atom is 0.221 e. The van der Waals surface area contributed by atoms with E-state index < -0.39 is 6.10 Å². The smallest absolute Gasteiger partial charge is 0.221 e. The molecule has 0 aliphatic rings. The number of nitrogens with one attached hydrogen (secondary N) is 2. The van der Waals surface area contributed by atoms with E-state index in [0.29, 0.717) is 6.54 Å². The lowest BCUT2D eigenvalue weighted by Gasteiger charge is -2.06. The molecule has 0 saturated carbocycles. The first-order valence-electron chi connectivity index (χ1n) is 4.21. The Hall–Kier alpha value is -1.10. The first-order chi connectivity index (χ1) is 6.02. The van der Waals surface area contributed by atoms with Crippen LogP contribution in [0.1, 0.15) is 20.3 Å². The molecule has 0 aromatic rings. The summed E-state index contributed by atoms with van der Waals surface area (Å²) >= 11 is 0. The molecule has 0 aliphatic carbocycles. The van der Waals surface area contributed by atoms with E-state index in [1.54, 1.807) is 6.92 Å². The fourth-order valence-electron chi connectivity index (χ4n) is 0.702. The molecule has 1 unspecified atom stereocenters. The van der Waals surface area contributed by atoms with Crippen molar-refractivity contribution in [1.82, 2.24) is 10.6 Å². The molecule has 0 rings (SSSR count). The van der Waals surface area contributed by atoms with Gasteiger partial charge in [-0.2, -0.15) is 0 Å². The van der Waals surface area contributed by atoms with Gasteiger partial charge in [0.25, 0.3) is 0 Å². The molecule has 5 nitrogen and oxygen atoms in total. The lowest BCUT2D eigenvalue weighted by Crippen LogP contribution is -2.33. The summed E-state index contributed by atoms with van der Waals surface area (Å²) in [5.41, 5.74) is 0. The van der Waals surface area contributed by atoms with Crippen molar-refractivity contribution in [3.63, 3.8) is 0 Å². The summed E-state index contributed by atoms with van der Waals surface area (Å²) in [5, 5.41) is 13.8. The van der Waals surface area contributed by atoms with E-state index >= 15 is 0 Å². The summed E-state index contributed by atoms with van der Waals surface area (Å²) in [6, 6.07) is 0. The van der Waals surface area contributed by atoms with E-state index in [1.165, 1.54) is 6.92 Å². The second-order valence-corrected chi connectivity index (χ2v) is 2.89. The Labute approximate surface area is 77.5 Å². The number of aliphatic hydroxyl groups excluding tert-OH is 1. The summed E-state index contributed by atoms with van der Waals surface area (Å²) in [6.07, 6.45) is -0.295. The van der Waals surface area contributed by atoms with Crippen LogP contribution in [-0.2, 0) is 9.59 Å². The summed E-state index contributed by atoms with van der Waals surface area (Å²) in [6.45, 7) is 3.57. The maximum atomic E-state index is 11.0. The highest BCUT2D eigenvalue weighted by Gasteiger charge is 2.02. The molecule has 5 heteroatoms. The molecule has 2 amide bonds. The van der Waals surface area contributed by atoms with E-state index in [0.717, 1.165) is 0 Å². The predicted molar refractivity (Wildman–Crippen MR) is 48.0 cm³/mol. The average Bonchev–Trinajstić information content (AvgIpc) is 2.00. The third-order valence-electron chi connectivity index (χ3n) is 1.32. The molecule has 76 valence electrons. The van der Waals surface area contributed by atoms with Crippen LogP contribution in [0.5, 0.6) is 0 Å². The van der Waals surface area contributed by atoms with E-state index in [2.05, 4.69) is 10.6 Å². The molecule has 0 aromatic carbocycles. The van der Waals surface area contributed by atoms with E-state index in [1.807, 2.05) is 0 Å². The fourth-order valence-corrected chi connectivity index (χ4v) is 0.702. The van der Waals surface area contributed by atoms with Gasteiger partial charge in [-0.05, 0) is 6.92 Å². The van der Waals surface area contributed by atoms with Crippen molar-refractivity contribution < 1.29 is 14.7 Å². The second kappa shape index (κ2) is 6.42. The van der Waals surface area contributed by atoms with Crippen LogP contribution in [0.3, 0.4) is 0 Å². The molecule has 0 bridgehead atoms. The highest BCUT2D eigenvalue weighted by molar-refractivity contribution is 5.77. The number of amides is 2. The minimum absolute atomic E-state index is 0.150. The van der Waals surface area contributed by atoms with Crippen LogP contribution in [-0.4, -0.2) is 36.1 Å². The lowest BCUT2D eigenvalue weighted by molar-refractivity contribution is -0.121. The Balaban J connectivity index is 3.35. The van der Waals surface area contributed by atoms with E-state index in [4.69, 9.17) is 5.11 Å². The van der Waals surface area contributed by atoms with Gasteiger partial charge in [0.2, 0.25) is 11.8 Å². The van der Waals surface area contributed by atoms with Crippen LogP contribution < -0.4 is 10.6 Å². The van der Waals surface area contributed by atoms with Gasteiger partial charge in [-0.1, -0.05) is 0 Å². The molecule has 1 atom stereocenters. The Morgan fingerprint density at radius 2 is 2.00 bits per heavy atom. The van der Waals surface area contributed by atoms with Crippen molar-refractivity contribution in [2.75, 3.05) is 13.1 Å². The van der Waals surface area contributed by atoms with Crippen LogP contribution in [0.25, 0.3) is 0 Å². The summed E-state index contributed by atoms with van der Waals surface area (Å²) in [4.78, 5) is 21.4. The van der Waals surface area contributed by atoms with E-state index in [-0.39, 0.29) is 24.8 Å². The molecule has 0 spiro atoms. The van der Waals surface area contributed by atoms with Crippen molar-refractivity contribution >= 4 is 11.8 Å². The average molecular weight is 188 g/mol. The van der Waals surface area contributed by atoms with Crippen LogP contribution in [0.4, 0.5) is 0 Å². The summed E-state index contributed by atoms with van der Waals surface area (Å²) < 4.78 is 0. The van der Waals surface area contributed by atoms with Gasteiger partial charge in [0, 0.05) is 26.4 Å². The maximum absolute atomic E-state index is 11.0. The Morgan fingerprint density at radius 1 is 1.38 bits per heavy atom. The normalized spacial score (nSPS) is 11.9. The van der Waals surface area contributed by atoms with Crippen molar-refractivity contribution in [3.8, 4) is 0 Å². The number of carbonyl (C=O) groups excluding carboxylic acids is 2. The minimum Gasteiger partial charge on any atom is -0.392 e. The first-order valence-corrected chi connectivity index (χ1v) is 4.21. The molecular weight excluding hydrogens is 172 g/mol. The lowest BCUT2D eigenvalue weighted by atomic mass is 10.3. The SMILES string of the molecule is CC(=O)NCCC(=O)NCC(C)O. The van der Waals surface area contributed by atoms with Gasteiger partial charge >= 0.3 is 0 Å². The Morgan fingerprint density at radius 3 is 2.46 bits per heavy atom. The molecule has 0 fully saturated rings. The Bertz CT molecular complexity index is 180. The van der Waals surface area contributed by atoms with Crippen molar-refractivity contribution in [2.45, 2.75) is 26.4 Å². The van der Waals surface area contributed by atoms with Gasteiger partial charge in [-0.15, -0.1) is 0 Å². The molecule has 0 aliphatic heterocycles. The van der Waals surface area contributed by atoms with Crippen molar-refractivity contribution in [2.24, 2.45) is 0 Å². The molecule has 0 aromatic heterocycles. The number of rotatable bonds is 5. The van der Waals surface area contributed by atoms with Gasteiger partial charge in [-0.25, -0.2) is 0 Å². The summed E-state index contributed by atoms with van der Waals surface area (Å²) in [5.74, 6) is -0.321. The van der Waals surface area contributed by atoms with Gasteiger partial charge < -0.3 is 15.7 Å². The predicted octanol–water partition coefficient (Wildman–Crippen LogP) is -0.990. The van der Waals surface area contributed by atoms with Gasteiger partial charge in [0.1, 0.15) is 0 Å². The molecular formula is C8H16N2O3. The molecule has 0 radical (unpaired) electrons. The largest absolute Gasteiger partial charge is 0.392 e. The quantitative estimate of drug-likeness (QED) is 0.518. The zero-order valence-corrected chi connectivity index (χ0v) is 7.96. The standard InChI is InChI=1S/C8H16N2O3/c1-6(11)5-10-8(13)3-4-9-7(2)12/h6,11H,3-5H2,1-2H3,(H,9,12)(H,10,13). The third kappa shape index (κ3) is 8.81. The molecule has 0 heterocycles. The zero-order valence-electron chi connectivity index (χ0n) is 7.96. The second-order valence-electron chi connectivity index (χ2n) is 2.89. The summed E-state index contributed by atoms with van der Waals surface area (Å²) in [7, 11) is 0. The molecule has 13 heavy (non-hydrogen) atoms. The number of carbonyl (C=O) groups is 2. The Kier molecular flexibility index (Phi) is 5.88. The number of hydrogen-bond acceptors (Lipinski definition) is 3. The van der Waals surface area contributed by atoms with Crippen LogP contribution in [0, 0.1) is 0 Å². The molecule has 3 N–H and O–H groups in total. The fraction of sp³-hybridized carbons (Fsp3) is 0.750. The van der Waals surface area contributed by atoms with Crippen LogP contribution in [0.2, 0.25) is 0 Å². The van der Waals surface area contributed by atoms with Crippen molar-refractivity contribution in [3.05, 3.63) is 0 Å². The third-order valence-corrected chi connectivity index (χ3v) is 1.32. The highest BCUT2D eigenvalue weighted by Crippen LogP contribution is 1.80. The zero-order chi connectivity index (χ0) is 10.3. The topological polar surface area (TPSA) is 78.4 Å².